The Hall–Kier alpha value is -1.98. The van der Waals surface area contributed by atoms with Crippen LogP contribution in [0.5, 0.6) is 0 Å². The number of thiazole rings is 1. The minimum absolute atomic E-state index is 0.198. The van der Waals surface area contributed by atoms with Gasteiger partial charge in [-0.05, 0) is 18.2 Å². The van der Waals surface area contributed by atoms with E-state index in [2.05, 4.69) is 15.3 Å². The van der Waals surface area contributed by atoms with Crippen LogP contribution >= 0.6 is 22.9 Å². The van der Waals surface area contributed by atoms with Gasteiger partial charge in [0.1, 0.15) is 10.3 Å². The van der Waals surface area contributed by atoms with Crippen molar-refractivity contribution in [3.63, 3.8) is 0 Å². The molecule has 0 spiro atoms. The van der Waals surface area contributed by atoms with Gasteiger partial charge in [0.2, 0.25) is 0 Å². The Labute approximate surface area is 118 Å². The molecule has 0 unspecified atom stereocenters. The summed E-state index contributed by atoms with van der Waals surface area (Å²) in [5, 5.41) is 3.76. The third kappa shape index (κ3) is 2.43. The van der Waals surface area contributed by atoms with Gasteiger partial charge in [-0.15, -0.1) is 0 Å². The first-order valence-corrected chi connectivity index (χ1v) is 6.71. The van der Waals surface area contributed by atoms with Gasteiger partial charge in [-0.1, -0.05) is 41.1 Å². The van der Waals surface area contributed by atoms with Gasteiger partial charge in [-0.2, -0.15) is 0 Å². The van der Waals surface area contributed by atoms with Crippen LogP contribution in [0.25, 0.3) is 10.3 Å². The number of carbonyl (C=O) groups is 1. The lowest BCUT2D eigenvalue weighted by molar-refractivity contribution is 0.102. The number of fused-ring (bicyclic) bond motifs is 1. The molecule has 6 heteroatoms. The normalized spacial score (nSPS) is 10.6. The second-order valence-electron chi connectivity index (χ2n) is 3.79. The maximum absolute atomic E-state index is 12.0. The molecular weight excluding hydrogens is 282 g/mol. The Morgan fingerprint density at radius 2 is 2.00 bits per heavy atom. The molecule has 2 heterocycles. The molecule has 4 nitrogen and oxygen atoms in total. The first kappa shape index (κ1) is 12.1. The van der Waals surface area contributed by atoms with Crippen molar-refractivity contribution in [1.29, 1.82) is 0 Å². The smallest absolute Gasteiger partial charge is 0.257 e. The van der Waals surface area contributed by atoms with Gasteiger partial charge in [0, 0.05) is 11.8 Å². The van der Waals surface area contributed by atoms with E-state index in [4.69, 9.17) is 11.6 Å². The Kier molecular flexibility index (Phi) is 3.15. The molecule has 1 N–H and O–H groups in total. The van der Waals surface area contributed by atoms with Gasteiger partial charge in [-0.25, -0.2) is 9.97 Å². The Morgan fingerprint density at radius 1 is 1.21 bits per heavy atom. The third-order valence-electron chi connectivity index (χ3n) is 2.50. The van der Waals surface area contributed by atoms with Crippen molar-refractivity contribution in [3.8, 4) is 0 Å². The number of nitrogens with zero attached hydrogens (tertiary/aromatic N) is 2. The number of nitrogens with one attached hydrogen (secondary N) is 1. The minimum atomic E-state index is -0.198. The summed E-state index contributed by atoms with van der Waals surface area (Å²) < 4.78 is 0. The summed E-state index contributed by atoms with van der Waals surface area (Å²) in [7, 11) is 0. The number of benzene rings is 1. The van der Waals surface area contributed by atoms with Gasteiger partial charge in [0.25, 0.3) is 5.91 Å². The van der Waals surface area contributed by atoms with E-state index in [0.717, 1.165) is 0 Å². The largest absolute Gasteiger partial charge is 0.298 e. The number of hydrogen-bond donors (Lipinski definition) is 1. The summed E-state index contributed by atoms with van der Waals surface area (Å²) in [6, 6.07) is 10.6. The predicted molar refractivity (Wildman–Crippen MR) is 76.8 cm³/mol. The number of carbonyl (C=O) groups excluding carboxylic acids is 1. The highest BCUT2D eigenvalue weighted by atomic mass is 35.5. The lowest BCUT2D eigenvalue weighted by Crippen LogP contribution is -2.11. The highest BCUT2D eigenvalue weighted by molar-refractivity contribution is 7.22. The number of hydrogen-bond acceptors (Lipinski definition) is 4. The van der Waals surface area contributed by atoms with Crippen LogP contribution in [-0.2, 0) is 0 Å². The topological polar surface area (TPSA) is 54.9 Å². The van der Waals surface area contributed by atoms with Crippen molar-refractivity contribution in [2.45, 2.75) is 0 Å². The van der Waals surface area contributed by atoms with Crippen LogP contribution in [0.15, 0.2) is 42.6 Å². The maximum atomic E-state index is 12.0. The quantitative estimate of drug-likeness (QED) is 0.784. The first-order valence-electron chi connectivity index (χ1n) is 5.51. The molecule has 0 saturated carbocycles. The fraction of sp³-hybridized carbons (Fsp3) is 0. The van der Waals surface area contributed by atoms with Crippen LogP contribution in [-0.4, -0.2) is 15.9 Å². The van der Waals surface area contributed by atoms with Crippen molar-refractivity contribution < 1.29 is 4.79 Å². The van der Waals surface area contributed by atoms with E-state index in [0.29, 0.717) is 26.1 Å². The molecule has 0 atom stereocenters. The number of pyridine rings is 1. The molecule has 0 bridgehead atoms. The summed E-state index contributed by atoms with van der Waals surface area (Å²) in [5.41, 5.74) is 1.19. The molecule has 94 valence electrons. The maximum Gasteiger partial charge on any atom is 0.257 e. The third-order valence-corrected chi connectivity index (χ3v) is 3.69. The fourth-order valence-electron chi connectivity index (χ4n) is 1.62. The van der Waals surface area contributed by atoms with E-state index >= 15 is 0 Å². The van der Waals surface area contributed by atoms with Gasteiger partial charge >= 0.3 is 0 Å². The summed E-state index contributed by atoms with van der Waals surface area (Å²) >= 11 is 7.31. The van der Waals surface area contributed by atoms with E-state index in [1.54, 1.807) is 24.4 Å². The first-order chi connectivity index (χ1) is 9.24. The van der Waals surface area contributed by atoms with Crippen molar-refractivity contribution in [2.24, 2.45) is 0 Å². The summed E-state index contributed by atoms with van der Waals surface area (Å²) in [4.78, 5) is 21.1. The molecule has 0 aliphatic carbocycles. The van der Waals surface area contributed by atoms with E-state index < -0.39 is 0 Å². The molecule has 1 amide bonds. The number of aromatic nitrogens is 2. The molecule has 19 heavy (non-hydrogen) atoms. The van der Waals surface area contributed by atoms with E-state index in [-0.39, 0.29) is 5.91 Å². The number of amides is 1. The number of anilines is 1. The lowest BCUT2D eigenvalue weighted by atomic mass is 10.2. The number of rotatable bonds is 2. The van der Waals surface area contributed by atoms with E-state index in [1.165, 1.54) is 11.3 Å². The highest BCUT2D eigenvalue weighted by Gasteiger charge is 2.11. The van der Waals surface area contributed by atoms with Crippen LogP contribution in [0, 0.1) is 0 Å². The molecular formula is C13H8ClN3OS. The zero-order chi connectivity index (χ0) is 13.2. The van der Waals surface area contributed by atoms with Gasteiger partial charge in [-0.3, -0.25) is 10.1 Å². The van der Waals surface area contributed by atoms with Gasteiger partial charge < -0.3 is 0 Å². The summed E-state index contributed by atoms with van der Waals surface area (Å²) in [5.74, 6) is -0.198. The van der Waals surface area contributed by atoms with Crippen LogP contribution in [0.1, 0.15) is 10.4 Å². The van der Waals surface area contributed by atoms with E-state index in [9.17, 15) is 4.79 Å². The average Bonchev–Trinajstić information content (AvgIpc) is 2.84. The minimum Gasteiger partial charge on any atom is -0.298 e. The monoisotopic (exact) mass is 289 g/mol. The standard InChI is InChI=1S/C13H8ClN3OS/c14-9-6-7-15-12-10(9)16-13(19-12)17-11(18)8-4-2-1-3-5-8/h1-7H,(H,16,17,18). The molecule has 3 aromatic rings. The molecule has 0 aliphatic rings. The zero-order valence-corrected chi connectivity index (χ0v) is 11.2. The van der Waals surface area contributed by atoms with Crippen molar-refractivity contribution in [3.05, 3.63) is 53.2 Å². The molecule has 1 aromatic carbocycles. The molecule has 3 rings (SSSR count). The fourth-order valence-corrected chi connectivity index (χ4v) is 2.69. The molecule has 0 saturated heterocycles. The Balaban J connectivity index is 1.90. The lowest BCUT2D eigenvalue weighted by Gasteiger charge is -2.00. The van der Waals surface area contributed by atoms with Crippen LogP contribution in [0.4, 0.5) is 5.13 Å². The van der Waals surface area contributed by atoms with Gasteiger partial charge in [0.15, 0.2) is 5.13 Å². The second kappa shape index (κ2) is 4.95. The van der Waals surface area contributed by atoms with E-state index in [1.807, 2.05) is 18.2 Å². The molecule has 0 radical (unpaired) electrons. The highest BCUT2D eigenvalue weighted by Crippen LogP contribution is 2.28. The number of halogens is 1. The Bertz CT molecular complexity index is 742. The SMILES string of the molecule is O=C(Nc1nc2c(Cl)ccnc2s1)c1ccccc1. The average molecular weight is 290 g/mol. The van der Waals surface area contributed by atoms with Gasteiger partial charge in [0.05, 0.1) is 5.02 Å². The van der Waals surface area contributed by atoms with Crippen molar-refractivity contribution in [1.82, 2.24) is 9.97 Å². The van der Waals surface area contributed by atoms with Crippen LogP contribution in [0.2, 0.25) is 5.02 Å². The zero-order valence-electron chi connectivity index (χ0n) is 9.63. The van der Waals surface area contributed by atoms with Crippen molar-refractivity contribution >= 4 is 44.3 Å². The summed E-state index contributed by atoms with van der Waals surface area (Å²) in [6.07, 6.45) is 1.62. The van der Waals surface area contributed by atoms with Crippen LogP contribution < -0.4 is 5.32 Å². The molecule has 0 fully saturated rings. The Morgan fingerprint density at radius 3 is 2.74 bits per heavy atom. The summed E-state index contributed by atoms with van der Waals surface area (Å²) in [6.45, 7) is 0. The predicted octanol–water partition coefficient (Wildman–Crippen LogP) is 3.60. The second-order valence-corrected chi connectivity index (χ2v) is 5.17. The van der Waals surface area contributed by atoms with Crippen molar-refractivity contribution in [2.75, 3.05) is 5.32 Å². The molecule has 0 aliphatic heterocycles. The van der Waals surface area contributed by atoms with Crippen LogP contribution in [0.3, 0.4) is 0 Å². The molecule has 2 aromatic heterocycles.